The summed E-state index contributed by atoms with van der Waals surface area (Å²) in [4.78, 5) is 30.7. The molecule has 0 bridgehead atoms. The van der Waals surface area contributed by atoms with Crippen LogP contribution in [0, 0.1) is 0 Å². The fraction of sp³-hybridized carbons (Fsp3) is 0.333. The molecule has 7 heteroatoms. The van der Waals surface area contributed by atoms with Crippen LogP contribution >= 0.6 is 0 Å². The molecule has 2 N–H and O–H groups in total. The third-order valence-corrected chi connectivity index (χ3v) is 2.07. The normalized spacial score (nSPS) is 11.6. The number of hydrogen-bond donors (Lipinski definition) is 2. The molecule has 16 heavy (non-hydrogen) atoms. The maximum Gasteiger partial charge on any atom is 0.326 e. The van der Waals surface area contributed by atoms with Crippen molar-refractivity contribution in [2.45, 2.75) is 13.0 Å². The van der Waals surface area contributed by atoms with Crippen LogP contribution in [0.4, 0.5) is 10.5 Å². The molecule has 1 atom stereocenters. The molecular weight excluding hydrogens is 212 g/mol. The summed E-state index contributed by atoms with van der Waals surface area (Å²) in [6, 6.07) is -1.42. The first kappa shape index (κ1) is 11.9. The van der Waals surface area contributed by atoms with Gasteiger partial charge in [0.1, 0.15) is 12.4 Å². The molecule has 0 saturated carbocycles. The summed E-state index contributed by atoms with van der Waals surface area (Å²) >= 11 is 0. The van der Waals surface area contributed by atoms with Crippen molar-refractivity contribution >= 4 is 17.7 Å². The predicted molar refractivity (Wildman–Crippen MR) is 55.9 cm³/mol. The Morgan fingerprint density at radius 2 is 2.00 bits per heavy atom. The molecule has 1 rings (SSSR count). The molecule has 1 aromatic rings. The second-order valence-corrected chi connectivity index (χ2v) is 3.18. The van der Waals surface area contributed by atoms with Gasteiger partial charge in [0.25, 0.3) is 0 Å². The summed E-state index contributed by atoms with van der Waals surface area (Å²) in [7, 11) is 1.40. The molecule has 0 aromatic carbocycles. The van der Waals surface area contributed by atoms with E-state index in [1.807, 2.05) is 0 Å². The van der Waals surface area contributed by atoms with Crippen LogP contribution in [-0.4, -0.2) is 45.1 Å². The zero-order chi connectivity index (χ0) is 12.1. The minimum Gasteiger partial charge on any atom is -0.480 e. The number of likely N-dealkylation sites (N-methyl/N-ethyl adjacent to an activating group) is 1. The van der Waals surface area contributed by atoms with E-state index < -0.39 is 18.0 Å². The number of nitrogens with zero attached hydrogens (tertiary/aromatic N) is 3. The summed E-state index contributed by atoms with van der Waals surface area (Å²) in [6.07, 6.45) is 4.17. The first-order valence-corrected chi connectivity index (χ1v) is 4.54. The molecule has 0 aliphatic rings. The van der Waals surface area contributed by atoms with Crippen molar-refractivity contribution in [2.75, 3.05) is 12.4 Å². The highest BCUT2D eigenvalue weighted by molar-refractivity contribution is 5.91. The highest BCUT2D eigenvalue weighted by Crippen LogP contribution is 2.04. The topological polar surface area (TPSA) is 95.4 Å². The van der Waals surface area contributed by atoms with Gasteiger partial charge in [0.2, 0.25) is 0 Å². The fourth-order valence-electron chi connectivity index (χ4n) is 0.917. The Labute approximate surface area is 92.1 Å². The van der Waals surface area contributed by atoms with Crippen LogP contribution < -0.4 is 5.32 Å². The SMILES string of the molecule is CC(C(=O)O)N(C)C(=O)Nc1cncnc1. The first-order valence-electron chi connectivity index (χ1n) is 4.54. The van der Waals surface area contributed by atoms with E-state index in [4.69, 9.17) is 5.11 Å². The van der Waals surface area contributed by atoms with Gasteiger partial charge in [-0.1, -0.05) is 0 Å². The van der Waals surface area contributed by atoms with Crippen LogP contribution in [0.25, 0.3) is 0 Å². The van der Waals surface area contributed by atoms with Gasteiger partial charge in [0, 0.05) is 7.05 Å². The number of carboxylic acids is 1. The number of rotatable bonds is 3. The molecule has 0 spiro atoms. The average Bonchev–Trinajstić information content (AvgIpc) is 2.28. The summed E-state index contributed by atoms with van der Waals surface area (Å²) in [6.45, 7) is 1.42. The van der Waals surface area contributed by atoms with E-state index in [0.717, 1.165) is 4.90 Å². The number of carbonyl (C=O) groups excluding carboxylic acids is 1. The molecule has 2 amide bonds. The van der Waals surface area contributed by atoms with Crippen LogP contribution in [-0.2, 0) is 4.79 Å². The van der Waals surface area contributed by atoms with E-state index >= 15 is 0 Å². The minimum atomic E-state index is -1.07. The Balaban J connectivity index is 2.63. The second-order valence-electron chi connectivity index (χ2n) is 3.18. The van der Waals surface area contributed by atoms with Crippen LogP contribution in [0.1, 0.15) is 6.92 Å². The Hall–Kier alpha value is -2.18. The molecule has 0 aliphatic heterocycles. The van der Waals surface area contributed by atoms with Gasteiger partial charge in [-0.3, -0.25) is 0 Å². The Kier molecular flexibility index (Phi) is 3.76. The fourth-order valence-corrected chi connectivity index (χ4v) is 0.917. The van der Waals surface area contributed by atoms with Gasteiger partial charge in [-0.15, -0.1) is 0 Å². The lowest BCUT2D eigenvalue weighted by Crippen LogP contribution is -2.42. The van der Waals surface area contributed by atoms with Crippen molar-refractivity contribution in [3.63, 3.8) is 0 Å². The van der Waals surface area contributed by atoms with E-state index in [2.05, 4.69) is 15.3 Å². The third kappa shape index (κ3) is 2.91. The van der Waals surface area contributed by atoms with Crippen molar-refractivity contribution < 1.29 is 14.7 Å². The largest absolute Gasteiger partial charge is 0.480 e. The van der Waals surface area contributed by atoms with Crippen LogP contribution in [0.3, 0.4) is 0 Å². The monoisotopic (exact) mass is 224 g/mol. The molecule has 1 unspecified atom stereocenters. The molecule has 1 heterocycles. The lowest BCUT2D eigenvalue weighted by atomic mass is 10.3. The predicted octanol–water partition coefficient (Wildman–Crippen LogP) is 0.413. The maximum atomic E-state index is 11.6. The van der Waals surface area contributed by atoms with Gasteiger partial charge < -0.3 is 15.3 Å². The minimum absolute atomic E-state index is 0.414. The summed E-state index contributed by atoms with van der Waals surface area (Å²) in [5, 5.41) is 11.2. The Morgan fingerprint density at radius 3 is 2.50 bits per heavy atom. The van der Waals surface area contributed by atoms with Crippen LogP contribution in [0.2, 0.25) is 0 Å². The zero-order valence-corrected chi connectivity index (χ0v) is 8.91. The number of carboxylic acid groups (broad SMARTS) is 1. The molecule has 0 aliphatic carbocycles. The van der Waals surface area contributed by atoms with Gasteiger partial charge in [-0.2, -0.15) is 0 Å². The highest BCUT2D eigenvalue weighted by atomic mass is 16.4. The Bertz CT molecular complexity index is 382. The van der Waals surface area contributed by atoms with Crippen molar-refractivity contribution in [3.05, 3.63) is 18.7 Å². The number of hydrogen-bond acceptors (Lipinski definition) is 4. The number of carbonyl (C=O) groups is 2. The quantitative estimate of drug-likeness (QED) is 0.775. The lowest BCUT2D eigenvalue weighted by molar-refractivity contribution is -0.141. The van der Waals surface area contributed by atoms with Crippen molar-refractivity contribution in [3.8, 4) is 0 Å². The van der Waals surface area contributed by atoms with Gasteiger partial charge in [-0.05, 0) is 6.92 Å². The smallest absolute Gasteiger partial charge is 0.326 e. The van der Waals surface area contributed by atoms with Crippen LogP contribution in [0.5, 0.6) is 0 Å². The highest BCUT2D eigenvalue weighted by Gasteiger charge is 2.21. The van der Waals surface area contributed by atoms with E-state index in [-0.39, 0.29) is 0 Å². The molecule has 1 aromatic heterocycles. The number of aromatic nitrogens is 2. The zero-order valence-electron chi connectivity index (χ0n) is 8.91. The molecule has 0 fully saturated rings. The van der Waals surface area contributed by atoms with Crippen molar-refractivity contribution in [1.29, 1.82) is 0 Å². The summed E-state index contributed by atoms with van der Waals surface area (Å²) in [5.41, 5.74) is 0.414. The summed E-state index contributed by atoms with van der Waals surface area (Å²) in [5.74, 6) is -1.07. The van der Waals surface area contributed by atoms with Crippen molar-refractivity contribution in [1.82, 2.24) is 14.9 Å². The second kappa shape index (κ2) is 5.06. The van der Waals surface area contributed by atoms with E-state index in [1.165, 1.54) is 32.7 Å². The van der Waals surface area contributed by atoms with E-state index in [9.17, 15) is 9.59 Å². The maximum absolute atomic E-state index is 11.6. The van der Waals surface area contributed by atoms with Crippen LogP contribution in [0.15, 0.2) is 18.7 Å². The van der Waals surface area contributed by atoms with Gasteiger partial charge in [0.05, 0.1) is 18.1 Å². The lowest BCUT2D eigenvalue weighted by Gasteiger charge is -2.21. The number of urea groups is 1. The third-order valence-electron chi connectivity index (χ3n) is 2.07. The van der Waals surface area contributed by atoms with Gasteiger partial charge in [0.15, 0.2) is 0 Å². The molecule has 0 radical (unpaired) electrons. The molecule has 86 valence electrons. The number of anilines is 1. The average molecular weight is 224 g/mol. The van der Waals surface area contributed by atoms with E-state index in [1.54, 1.807) is 0 Å². The van der Waals surface area contributed by atoms with Gasteiger partial charge in [-0.25, -0.2) is 19.6 Å². The molecule has 7 nitrogen and oxygen atoms in total. The standard InChI is InChI=1S/C9H12N4O3/c1-6(8(14)15)13(2)9(16)12-7-3-10-5-11-4-7/h3-6H,1-2H3,(H,12,16)(H,14,15). The van der Waals surface area contributed by atoms with Crippen molar-refractivity contribution in [2.24, 2.45) is 0 Å². The summed E-state index contributed by atoms with van der Waals surface area (Å²) < 4.78 is 0. The molecular formula is C9H12N4O3. The number of nitrogens with one attached hydrogen (secondary N) is 1. The van der Waals surface area contributed by atoms with Gasteiger partial charge >= 0.3 is 12.0 Å². The number of amides is 2. The van der Waals surface area contributed by atoms with E-state index in [0.29, 0.717) is 5.69 Å². The Morgan fingerprint density at radius 1 is 1.44 bits per heavy atom. The molecule has 0 saturated heterocycles. The number of aliphatic carboxylic acids is 1. The first-order chi connectivity index (χ1) is 7.52.